The first-order chi connectivity index (χ1) is 12.4. The number of rotatable bonds is 5. The highest BCUT2D eigenvalue weighted by Crippen LogP contribution is 2.25. The third-order valence-electron chi connectivity index (χ3n) is 3.91. The number of hydrogen-bond acceptors (Lipinski definition) is 4. The van der Waals surface area contributed by atoms with Crippen molar-refractivity contribution in [3.63, 3.8) is 0 Å². The van der Waals surface area contributed by atoms with Crippen molar-refractivity contribution in [2.75, 3.05) is 5.32 Å². The van der Waals surface area contributed by atoms with Gasteiger partial charge in [0.1, 0.15) is 12.1 Å². The molecule has 0 aliphatic carbocycles. The van der Waals surface area contributed by atoms with Crippen LogP contribution in [0.3, 0.4) is 0 Å². The Hall–Kier alpha value is -2.85. The highest BCUT2D eigenvalue weighted by Gasteiger charge is 2.03. The molecule has 3 aromatic carbocycles. The van der Waals surface area contributed by atoms with Gasteiger partial charge in [-0.15, -0.1) is 11.8 Å². The van der Waals surface area contributed by atoms with Crippen LogP contribution in [0.25, 0.3) is 10.9 Å². The Balaban J connectivity index is 1.47. The van der Waals surface area contributed by atoms with Gasteiger partial charge in [0.05, 0.1) is 5.52 Å². The summed E-state index contributed by atoms with van der Waals surface area (Å²) in [5.41, 5.74) is 3.26. The maximum absolute atomic E-state index is 4.37. The van der Waals surface area contributed by atoms with Gasteiger partial charge in [-0.3, -0.25) is 0 Å². The molecule has 1 aromatic heterocycles. The zero-order valence-electron chi connectivity index (χ0n) is 13.6. The van der Waals surface area contributed by atoms with Crippen LogP contribution in [0.15, 0.2) is 90.1 Å². The van der Waals surface area contributed by atoms with Crippen molar-refractivity contribution in [3.05, 3.63) is 90.8 Å². The minimum Gasteiger partial charge on any atom is -0.340 e. The second-order valence-electron chi connectivity index (χ2n) is 5.66. The van der Waals surface area contributed by atoms with Crippen molar-refractivity contribution in [1.82, 2.24) is 9.97 Å². The topological polar surface area (TPSA) is 37.8 Å². The number of fused-ring (bicyclic) bond motifs is 1. The number of anilines is 2. The van der Waals surface area contributed by atoms with E-state index in [1.54, 1.807) is 6.33 Å². The first kappa shape index (κ1) is 15.7. The molecule has 0 fully saturated rings. The highest BCUT2D eigenvalue weighted by molar-refractivity contribution is 7.98. The van der Waals surface area contributed by atoms with Crippen molar-refractivity contribution in [2.24, 2.45) is 0 Å². The van der Waals surface area contributed by atoms with Crippen LogP contribution in [0.1, 0.15) is 5.56 Å². The van der Waals surface area contributed by atoms with E-state index < -0.39 is 0 Å². The number of aromatic nitrogens is 2. The highest BCUT2D eigenvalue weighted by atomic mass is 32.2. The number of para-hydroxylation sites is 1. The molecule has 0 aliphatic heterocycles. The van der Waals surface area contributed by atoms with Crippen LogP contribution in [0.4, 0.5) is 11.5 Å². The third-order valence-corrected chi connectivity index (χ3v) is 4.99. The van der Waals surface area contributed by atoms with Crippen LogP contribution >= 0.6 is 11.8 Å². The molecule has 1 heterocycles. The smallest absolute Gasteiger partial charge is 0.141 e. The molecule has 0 amide bonds. The maximum atomic E-state index is 4.37. The zero-order valence-corrected chi connectivity index (χ0v) is 14.4. The number of benzene rings is 3. The number of nitrogens with one attached hydrogen (secondary N) is 1. The fraction of sp³-hybridized carbons (Fsp3) is 0.0476. The SMILES string of the molecule is c1ccc(SCc2ccc(Nc3ncnc4ccccc34)cc2)cc1. The zero-order chi connectivity index (χ0) is 16.9. The van der Waals surface area contributed by atoms with E-state index in [1.165, 1.54) is 10.5 Å². The molecule has 25 heavy (non-hydrogen) atoms. The molecule has 4 aromatic rings. The molecule has 1 N–H and O–H groups in total. The van der Waals surface area contributed by atoms with Gasteiger partial charge in [0.2, 0.25) is 0 Å². The summed E-state index contributed by atoms with van der Waals surface area (Å²) in [5, 5.41) is 4.41. The van der Waals surface area contributed by atoms with Gasteiger partial charge in [0, 0.05) is 21.7 Å². The standard InChI is InChI=1S/C21H17N3S/c1-2-6-18(7-3-1)25-14-16-10-12-17(13-11-16)24-21-19-8-4-5-9-20(19)22-15-23-21/h1-13,15H,14H2,(H,22,23,24). The average molecular weight is 343 g/mol. The lowest BCUT2D eigenvalue weighted by Gasteiger charge is -2.09. The molecular weight excluding hydrogens is 326 g/mol. The largest absolute Gasteiger partial charge is 0.340 e. The lowest BCUT2D eigenvalue weighted by molar-refractivity contribution is 1.22. The van der Waals surface area contributed by atoms with E-state index in [4.69, 9.17) is 0 Å². The van der Waals surface area contributed by atoms with Crippen LogP contribution in [0, 0.1) is 0 Å². The van der Waals surface area contributed by atoms with E-state index in [0.717, 1.165) is 28.2 Å². The Labute approximate surface area is 151 Å². The first-order valence-corrected chi connectivity index (χ1v) is 9.10. The van der Waals surface area contributed by atoms with Crippen molar-refractivity contribution in [1.29, 1.82) is 0 Å². The summed E-state index contributed by atoms with van der Waals surface area (Å²) in [4.78, 5) is 9.96. The Morgan fingerprint density at radius 2 is 1.52 bits per heavy atom. The minimum absolute atomic E-state index is 0.831. The van der Waals surface area contributed by atoms with Crippen LogP contribution < -0.4 is 5.32 Å². The summed E-state index contributed by atoms with van der Waals surface area (Å²) < 4.78 is 0. The van der Waals surface area contributed by atoms with Gasteiger partial charge >= 0.3 is 0 Å². The summed E-state index contributed by atoms with van der Waals surface area (Å²) >= 11 is 1.84. The van der Waals surface area contributed by atoms with E-state index in [0.29, 0.717) is 0 Å². The molecule has 0 unspecified atom stereocenters. The Bertz CT molecular complexity index is 964. The molecule has 4 heteroatoms. The summed E-state index contributed by atoms with van der Waals surface area (Å²) in [6.45, 7) is 0. The predicted octanol–water partition coefficient (Wildman–Crippen LogP) is 5.67. The summed E-state index contributed by atoms with van der Waals surface area (Å²) in [7, 11) is 0. The van der Waals surface area contributed by atoms with E-state index in [-0.39, 0.29) is 0 Å². The Morgan fingerprint density at radius 1 is 0.760 bits per heavy atom. The minimum atomic E-state index is 0.831. The van der Waals surface area contributed by atoms with Crippen molar-refractivity contribution >= 4 is 34.2 Å². The fourth-order valence-corrected chi connectivity index (χ4v) is 3.48. The Kier molecular flexibility index (Phi) is 4.61. The van der Waals surface area contributed by atoms with Gasteiger partial charge in [-0.2, -0.15) is 0 Å². The van der Waals surface area contributed by atoms with Gasteiger partial charge < -0.3 is 5.32 Å². The third kappa shape index (κ3) is 3.80. The number of thioether (sulfide) groups is 1. The van der Waals surface area contributed by atoms with Crippen molar-refractivity contribution in [2.45, 2.75) is 10.6 Å². The van der Waals surface area contributed by atoms with Crippen LogP contribution in [0.5, 0.6) is 0 Å². The maximum Gasteiger partial charge on any atom is 0.141 e. The molecule has 0 bridgehead atoms. The van der Waals surface area contributed by atoms with Crippen LogP contribution in [0.2, 0.25) is 0 Å². The Morgan fingerprint density at radius 3 is 2.36 bits per heavy atom. The molecule has 0 atom stereocenters. The van der Waals surface area contributed by atoms with Gasteiger partial charge in [0.15, 0.2) is 0 Å². The van der Waals surface area contributed by atoms with Crippen LogP contribution in [-0.2, 0) is 5.75 Å². The van der Waals surface area contributed by atoms with Gasteiger partial charge in [-0.25, -0.2) is 9.97 Å². The van der Waals surface area contributed by atoms with Gasteiger partial charge in [0.25, 0.3) is 0 Å². The second-order valence-corrected chi connectivity index (χ2v) is 6.71. The summed E-state index contributed by atoms with van der Waals surface area (Å²) in [6, 6.07) is 27.0. The summed E-state index contributed by atoms with van der Waals surface area (Å²) in [5.74, 6) is 1.79. The lowest BCUT2D eigenvalue weighted by atomic mass is 10.2. The molecule has 0 saturated carbocycles. The second kappa shape index (κ2) is 7.36. The molecule has 0 saturated heterocycles. The molecule has 0 spiro atoms. The molecule has 3 nitrogen and oxygen atoms in total. The molecule has 4 rings (SSSR count). The summed E-state index contributed by atoms with van der Waals surface area (Å²) in [6.07, 6.45) is 1.59. The fourth-order valence-electron chi connectivity index (χ4n) is 2.61. The van der Waals surface area contributed by atoms with Crippen LogP contribution in [-0.4, -0.2) is 9.97 Å². The number of hydrogen-bond donors (Lipinski definition) is 1. The lowest BCUT2D eigenvalue weighted by Crippen LogP contribution is -1.96. The van der Waals surface area contributed by atoms with Gasteiger partial charge in [-0.1, -0.05) is 42.5 Å². The quantitative estimate of drug-likeness (QED) is 0.474. The van der Waals surface area contributed by atoms with E-state index >= 15 is 0 Å². The van der Waals surface area contributed by atoms with Crippen molar-refractivity contribution in [3.8, 4) is 0 Å². The monoisotopic (exact) mass is 343 g/mol. The predicted molar refractivity (Wildman–Crippen MR) is 105 cm³/mol. The normalized spacial score (nSPS) is 10.7. The average Bonchev–Trinajstić information content (AvgIpc) is 2.69. The molecule has 122 valence electrons. The van der Waals surface area contributed by atoms with E-state index in [1.807, 2.05) is 42.1 Å². The van der Waals surface area contributed by atoms with Crippen molar-refractivity contribution < 1.29 is 0 Å². The van der Waals surface area contributed by atoms with E-state index in [2.05, 4.69) is 63.8 Å². The van der Waals surface area contributed by atoms with Gasteiger partial charge in [-0.05, 0) is 42.0 Å². The first-order valence-electron chi connectivity index (χ1n) is 8.12. The molecule has 0 aliphatic rings. The number of nitrogens with zero attached hydrogens (tertiary/aromatic N) is 2. The van der Waals surface area contributed by atoms with E-state index in [9.17, 15) is 0 Å². The molecule has 0 radical (unpaired) electrons. The molecular formula is C21H17N3S.